The van der Waals surface area contributed by atoms with Gasteiger partial charge in [0.15, 0.2) is 0 Å². The zero-order valence-corrected chi connectivity index (χ0v) is 13.5. The Morgan fingerprint density at radius 2 is 1.50 bits per heavy atom. The van der Waals surface area contributed by atoms with Crippen LogP contribution in [0.5, 0.6) is 0 Å². The van der Waals surface area contributed by atoms with Crippen molar-refractivity contribution < 1.29 is 24.2 Å². The van der Waals surface area contributed by atoms with Crippen LogP contribution in [0.3, 0.4) is 0 Å². The second-order valence-corrected chi connectivity index (χ2v) is 5.56. The fraction of sp³-hybridized carbons (Fsp3) is 0.812. The largest absolute Gasteiger partial charge is 0.481 e. The van der Waals surface area contributed by atoms with E-state index in [1.54, 1.807) is 0 Å². The third kappa shape index (κ3) is 12.3. The number of carboxylic acids is 1. The number of unbranched alkanes of at least 4 members (excludes halogenated alkanes) is 7. The minimum Gasteiger partial charge on any atom is -0.481 e. The van der Waals surface area contributed by atoms with Crippen molar-refractivity contribution in [2.75, 3.05) is 0 Å². The molecule has 0 heterocycles. The molecule has 22 heavy (non-hydrogen) atoms. The summed E-state index contributed by atoms with van der Waals surface area (Å²) in [5.74, 6) is -2.46. The van der Waals surface area contributed by atoms with E-state index in [1.165, 1.54) is 32.1 Å². The smallest absolute Gasteiger partial charge is 0.330 e. The standard InChI is InChI=1S/C16H29NO5/c1-2-3-4-5-6-7-8-9-10-15(20)22-16(21)13(17)11-12-14(18)19/h13H,2-12,17H2,1H3,(H,18,19). The van der Waals surface area contributed by atoms with Gasteiger partial charge in [-0.1, -0.05) is 51.9 Å². The molecular weight excluding hydrogens is 286 g/mol. The summed E-state index contributed by atoms with van der Waals surface area (Å²) in [4.78, 5) is 33.3. The van der Waals surface area contributed by atoms with Gasteiger partial charge in [-0.25, -0.2) is 4.79 Å². The summed E-state index contributed by atoms with van der Waals surface area (Å²) < 4.78 is 4.61. The summed E-state index contributed by atoms with van der Waals surface area (Å²) in [7, 11) is 0. The van der Waals surface area contributed by atoms with E-state index in [4.69, 9.17) is 10.8 Å². The van der Waals surface area contributed by atoms with Crippen LogP contribution >= 0.6 is 0 Å². The van der Waals surface area contributed by atoms with Crippen LogP contribution in [0.25, 0.3) is 0 Å². The molecular formula is C16H29NO5. The highest BCUT2D eigenvalue weighted by Crippen LogP contribution is 2.10. The van der Waals surface area contributed by atoms with E-state index in [1.807, 2.05) is 0 Å². The molecule has 0 aromatic heterocycles. The second-order valence-electron chi connectivity index (χ2n) is 5.56. The fourth-order valence-corrected chi connectivity index (χ4v) is 2.04. The highest BCUT2D eigenvalue weighted by Gasteiger charge is 2.19. The molecule has 0 aromatic rings. The first-order valence-electron chi connectivity index (χ1n) is 8.19. The normalized spacial score (nSPS) is 11.9. The fourth-order valence-electron chi connectivity index (χ4n) is 2.04. The third-order valence-corrected chi connectivity index (χ3v) is 3.42. The SMILES string of the molecule is CCCCCCCCCCC(=O)OC(=O)C(N)CCC(=O)O. The second kappa shape index (κ2) is 13.2. The van der Waals surface area contributed by atoms with Gasteiger partial charge in [0.1, 0.15) is 6.04 Å². The molecule has 0 spiro atoms. The van der Waals surface area contributed by atoms with Gasteiger partial charge in [-0.15, -0.1) is 0 Å². The van der Waals surface area contributed by atoms with E-state index in [2.05, 4.69) is 11.7 Å². The van der Waals surface area contributed by atoms with Crippen molar-refractivity contribution in [1.29, 1.82) is 0 Å². The van der Waals surface area contributed by atoms with Gasteiger partial charge in [0.2, 0.25) is 0 Å². The molecule has 0 aliphatic heterocycles. The molecule has 0 saturated carbocycles. The zero-order valence-electron chi connectivity index (χ0n) is 13.5. The topological polar surface area (TPSA) is 107 Å². The maximum Gasteiger partial charge on any atom is 0.330 e. The summed E-state index contributed by atoms with van der Waals surface area (Å²) in [5, 5.41) is 8.49. The van der Waals surface area contributed by atoms with Gasteiger partial charge in [0.25, 0.3) is 0 Å². The van der Waals surface area contributed by atoms with Crippen LogP contribution in [0, 0.1) is 0 Å². The number of hydrogen-bond acceptors (Lipinski definition) is 5. The number of carbonyl (C=O) groups is 3. The van der Waals surface area contributed by atoms with Crippen LogP contribution < -0.4 is 5.73 Å². The lowest BCUT2D eigenvalue weighted by atomic mass is 10.1. The molecule has 0 rings (SSSR count). The third-order valence-electron chi connectivity index (χ3n) is 3.42. The number of rotatable bonds is 13. The first-order chi connectivity index (χ1) is 10.5. The van der Waals surface area contributed by atoms with Crippen molar-refractivity contribution in [3.8, 4) is 0 Å². The lowest BCUT2D eigenvalue weighted by Gasteiger charge is -2.09. The molecule has 0 amide bonds. The van der Waals surface area contributed by atoms with Gasteiger partial charge in [-0.05, 0) is 12.8 Å². The predicted octanol–water partition coefficient (Wildman–Crippen LogP) is 2.78. The van der Waals surface area contributed by atoms with Crippen LogP contribution in [0.4, 0.5) is 0 Å². The van der Waals surface area contributed by atoms with Gasteiger partial charge in [-0.2, -0.15) is 0 Å². The average molecular weight is 315 g/mol. The molecule has 6 nitrogen and oxygen atoms in total. The number of carboxylic acid groups (broad SMARTS) is 1. The molecule has 6 heteroatoms. The van der Waals surface area contributed by atoms with Crippen molar-refractivity contribution in [3.05, 3.63) is 0 Å². The Bertz CT molecular complexity index is 343. The molecule has 0 radical (unpaired) electrons. The first-order valence-corrected chi connectivity index (χ1v) is 8.19. The minimum absolute atomic E-state index is 0.0286. The Hall–Kier alpha value is -1.43. The molecule has 0 saturated heterocycles. The summed E-state index contributed by atoms with van der Waals surface area (Å²) >= 11 is 0. The molecule has 1 unspecified atom stereocenters. The maximum absolute atomic E-state index is 11.5. The van der Waals surface area contributed by atoms with Gasteiger partial charge >= 0.3 is 17.9 Å². The maximum atomic E-state index is 11.5. The number of aliphatic carboxylic acids is 1. The summed E-state index contributed by atoms with van der Waals surface area (Å²) in [6.45, 7) is 2.18. The summed E-state index contributed by atoms with van der Waals surface area (Å²) in [6, 6.07) is -1.06. The highest BCUT2D eigenvalue weighted by molar-refractivity contribution is 5.88. The number of nitrogens with two attached hydrogens (primary N) is 1. The first kappa shape index (κ1) is 20.6. The minimum atomic E-state index is -1.06. The van der Waals surface area contributed by atoms with Crippen LogP contribution in [-0.4, -0.2) is 29.1 Å². The van der Waals surface area contributed by atoms with Crippen molar-refractivity contribution in [2.24, 2.45) is 5.73 Å². The predicted molar refractivity (Wildman–Crippen MR) is 83.2 cm³/mol. The molecule has 0 aromatic carbocycles. The Morgan fingerprint density at radius 1 is 0.955 bits per heavy atom. The highest BCUT2D eigenvalue weighted by atomic mass is 16.6. The van der Waals surface area contributed by atoms with E-state index < -0.39 is 23.9 Å². The van der Waals surface area contributed by atoms with E-state index in [0.29, 0.717) is 6.42 Å². The van der Waals surface area contributed by atoms with Gasteiger partial charge in [-0.3, -0.25) is 9.59 Å². The monoisotopic (exact) mass is 315 g/mol. The molecule has 1 atom stereocenters. The molecule has 0 aliphatic rings. The van der Waals surface area contributed by atoms with Crippen LogP contribution in [-0.2, 0) is 19.1 Å². The van der Waals surface area contributed by atoms with Crippen molar-refractivity contribution in [1.82, 2.24) is 0 Å². The number of ether oxygens (including phenoxy) is 1. The van der Waals surface area contributed by atoms with Crippen LogP contribution in [0.1, 0.15) is 77.6 Å². The molecule has 0 bridgehead atoms. The van der Waals surface area contributed by atoms with Gasteiger partial charge in [0, 0.05) is 12.8 Å². The van der Waals surface area contributed by atoms with Gasteiger partial charge in [0.05, 0.1) is 0 Å². The number of carbonyl (C=O) groups excluding carboxylic acids is 2. The molecule has 3 N–H and O–H groups in total. The number of hydrogen-bond donors (Lipinski definition) is 2. The van der Waals surface area contributed by atoms with Gasteiger partial charge < -0.3 is 15.6 Å². The zero-order chi connectivity index (χ0) is 16.8. The Kier molecular flexibility index (Phi) is 12.4. The van der Waals surface area contributed by atoms with E-state index in [0.717, 1.165) is 12.8 Å². The molecule has 0 fully saturated rings. The summed E-state index contributed by atoms with van der Waals surface area (Å²) in [5.41, 5.74) is 5.46. The van der Waals surface area contributed by atoms with E-state index in [-0.39, 0.29) is 19.3 Å². The van der Waals surface area contributed by atoms with Crippen LogP contribution in [0.15, 0.2) is 0 Å². The Labute approximate surface area is 132 Å². The van der Waals surface area contributed by atoms with E-state index >= 15 is 0 Å². The molecule has 128 valence electrons. The molecule has 0 aliphatic carbocycles. The lowest BCUT2D eigenvalue weighted by Crippen LogP contribution is -2.34. The van der Waals surface area contributed by atoms with Crippen molar-refractivity contribution >= 4 is 17.9 Å². The Balaban J connectivity index is 3.59. The Morgan fingerprint density at radius 3 is 2.05 bits per heavy atom. The average Bonchev–Trinajstić information content (AvgIpc) is 2.47. The van der Waals surface area contributed by atoms with Crippen LogP contribution in [0.2, 0.25) is 0 Å². The number of esters is 2. The van der Waals surface area contributed by atoms with Crippen molar-refractivity contribution in [2.45, 2.75) is 83.6 Å². The lowest BCUT2D eigenvalue weighted by molar-refractivity contribution is -0.160. The summed E-state index contributed by atoms with van der Waals surface area (Å²) in [6.07, 6.45) is 8.86. The van der Waals surface area contributed by atoms with E-state index in [9.17, 15) is 14.4 Å². The quantitative estimate of drug-likeness (QED) is 0.307. The van der Waals surface area contributed by atoms with Crippen molar-refractivity contribution in [3.63, 3.8) is 0 Å².